The van der Waals surface area contributed by atoms with Crippen LogP contribution in [0.5, 0.6) is 0 Å². The van der Waals surface area contributed by atoms with Gasteiger partial charge >= 0.3 is 0 Å². The monoisotopic (exact) mass is 305 g/mol. The Bertz CT molecular complexity index is 588. The molecule has 2 aromatic rings. The minimum Gasteiger partial charge on any atom is -0.308 e. The molecular formula is C17H21F2N3. The van der Waals surface area contributed by atoms with Gasteiger partial charge in [0.05, 0.1) is 0 Å². The molecule has 0 amide bonds. The van der Waals surface area contributed by atoms with Crippen LogP contribution < -0.4 is 0 Å². The highest BCUT2D eigenvalue weighted by molar-refractivity contribution is 5.19. The number of hydrogen-bond donors (Lipinski definition) is 0. The van der Waals surface area contributed by atoms with Crippen LogP contribution in [0.1, 0.15) is 11.1 Å². The second-order valence-corrected chi connectivity index (χ2v) is 5.61. The Kier molecular flexibility index (Phi) is 5.98. The van der Waals surface area contributed by atoms with Gasteiger partial charge in [0.15, 0.2) is 0 Å². The number of hydrogen-bond acceptors (Lipinski definition) is 3. The van der Waals surface area contributed by atoms with E-state index in [0.29, 0.717) is 18.7 Å². The van der Waals surface area contributed by atoms with Crippen molar-refractivity contribution >= 4 is 0 Å². The molecule has 0 bridgehead atoms. The first-order valence-electron chi connectivity index (χ1n) is 7.24. The van der Waals surface area contributed by atoms with Crippen molar-refractivity contribution in [3.8, 4) is 0 Å². The van der Waals surface area contributed by atoms with Crippen LogP contribution in [0.4, 0.5) is 8.78 Å². The Hall–Kier alpha value is -1.85. The Balaban J connectivity index is 2.11. The standard InChI is InChI=1S/C17H21F2N3/c1-21(2)8-9-22(12-14-4-3-7-20-11-14)13-15-10-16(18)5-6-17(15)19/h3-7,10-11H,8-9,12-13H2,1-2H3. The third-order valence-electron chi connectivity index (χ3n) is 3.39. The van der Waals surface area contributed by atoms with Gasteiger partial charge in [0.1, 0.15) is 11.6 Å². The minimum atomic E-state index is -0.412. The third-order valence-corrected chi connectivity index (χ3v) is 3.39. The molecule has 0 saturated heterocycles. The first kappa shape index (κ1) is 16.5. The molecule has 118 valence electrons. The molecule has 0 aliphatic carbocycles. The summed E-state index contributed by atoms with van der Waals surface area (Å²) in [6.07, 6.45) is 3.52. The average molecular weight is 305 g/mol. The SMILES string of the molecule is CN(C)CCN(Cc1cccnc1)Cc1cc(F)ccc1F. The first-order chi connectivity index (χ1) is 10.5. The summed E-state index contributed by atoms with van der Waals surface area (Å²) in [7, 11) is 3.98. The van der Waals surface area contributed by atoms with Crippen molar-refractivity contribution in [3.05, 3.63) is 65.5 Å². The topological polar surface area (TPSA) is 19.4 Å². The predicted octanol–water partition coefficient (Wildman–Crippen LogP) is 2.92. The number of rotatable bonds is 7. The highest BCUT2D eigenvalue weighted by Crippen LogP contribution is 2.14. The van der Waals surface area contributed by atoms with Crippen molar-refractivity contribution in [1.29, 1.82) is 0 Å². The van der Waals surface area contributed by atoms with E-state index in [2.05, 4.69) is 14.8 Å². The summed E-state index contributed by atoms with van der Waals surface area (Å²) in [6.45, 7) is 2.62. The fraction of sp³-hybridized carbons (Fsp3) is 0.353. The Morgan fingerprint density at radius 2 is 1.86 bits per heavy atom. The summed E-state index contributed by atoms with van der Waals surface area (Å²) in [5, 5.41) is 0. The van der Waals surface area contributed by atoms with E-state index in [1.54, 1.807) is 12.4 Å². The second-order valence-electron chi connectivity index (χ2n) is 5.61. The zero-order valence-corrected chi connectivity index (χ0v) is 13.0. The van der Waals surface area contributed by atoms with Crippen LogP contribution in [0.15, 0.2) is 42.7 Å². The van der Waals surface area contributed by atoms with E-state index in [1.807, 2.05) is 26.2 Å². The second kappa shape index (κ2) is 7.96. The molecule has 0 aliphatic rings. The number of halogens is 2. The van der Waals surface area contributed by atoms with Gasteiger partial charge in [-0.3, -0.25) is 9.88 Å². The van der Waals surface area contributed by atoms with Gasteiger partial charge in [0.25, 0.3) is 0 Å². The van der Waals surface area contributed by atoms with Crippen molar-refractivity contribution in [2.75, 3.05) is 27.2 Å². The molecule has 0 unspecified atom stereocenters. The van der Waals surface area contributed by atoms with E-state index < -0.39 is 5.82 Å². The summed E-state index contributed by atoms with van der Waals surface area (Å²) in [4.78, 5) is 8.26. The average Bonchev–Trinajstić information content (AvgIpc) is 2.49. The molecule has 3 nitrogen and oxygen atoms in total. The Morgan fingerprint density at radius 1 is 1.05 bits per heavy atom. The molecular weight excluding hydrogens is 284 g/mol. The molecule has 0 aliphatic heterocycles. The van der Waals surface area contributed by atoms with Gasteiger partial charge in [-0.1, -0.05) is 6.07 Å². The number of pyridine rings is 1. The lowest BCUT2D eigenvalue weighted by Crippen LogP contribution is -2.31. The molecule has 0 saturated carbocycles. The van der Waals surface area contributed by atoms with Crippen molar-refractivity contribution < 1.29 is 8.78 Å². The van der Waals surface area contributed by atoms with Crippen molar-refractivity contribution in [1.82, 2.24) is 14.8 Å². The number of aromatic nitrogens is 1. The summed E-state index contributed by atoms with van der Waals surface area (Å²) < 4.78 is 27.2. The quantitative estimate of drug-likeness (QED) is 0.784. The Morgan fingerprint density at radius 3 is 2.55 bits per heavy atom. The van der Waals surface area contributed by atoms with E-state index in [-0.39, 0.29) is 5.82 Å². The maximum atomic E-state index is 13.9. The minimum absolute atomic E-state index is 0.367. The van der Waals surface area contributed by atoms with Gasteiger partial charge in [0.2, 0.25) is 0 Å². The molecule has 0 atom stereocenters. The van der Waals surface area contributed by atoms with Crippen LogP contribution in [0.25, 0.3) is 0 Å². The third kappa shape index (κ3) is 5.16. The van der Waals surface area contributed by atoms with E-state index in [9.17, 15) is 8.78 Å². The summed E-state index contributed by atoms with van der Waals surface area (Å²) in [5.41, 5.74) is 1.43. The highest BCUT2D eigenvalue weighted by Gasteiger charge is 2.12. The van der Waals surface area contributed by atoms with E-state index in [1.165, 1.54) is 12.1 Å². The highest BCUT2D eigenvalue weighted by atomic mass is 19.1. The lowest BCUT2D eigenvalue weighted by molar-refractivity contribution is 0.223. The summed E-state index contributed by atoms with van der Waals surface area (Å²) >= 11 is 0. The number of likely N-dealkylation sites (N-methyl/N-ethyl adjacent to an activating group) is 1. The van der Waals surface area contributed by atoms with Crippen molar-refractivity contribution in [2.24, 2.45) is 0 Å². The van der Waals surface area contributed by atoms with Crippen LogP contribution in [-0.4, -0.2) is 42.0 Å². The first-order valence-corrected chi connectivity index (χ1v) is 7.24. The maximum absolute atomic E-state index is 13.9. The summed E-state index contributed by atoms with van der Waals surface area (Å²) in [6, 6.07) is 7.45. The fourth-order valence-electron chi connectivity index (χ4n) is 2.21. The predicted molar refractivity (Wildman–Crippen MR) is 83.3 cm³/mol. The molecule has 0 spiro atoms. The molecule has 1 heterocycles. The Labute approximate surface area is 130 Å². The van der Waals surface area contributed by atoms with Crippen LogP contribution >= 0.6 is 0 Å². The van der Waals surface area contributed by atoms with Gasteiger partial charge < -0.3 is 4.90 Å². The van der Waals surface area contributed by atoms with Crippen LogP contribution in [0.3, 0.4) is 0 Å². The van der Waals surface area contributed by atoms with Gasteiger partial charge in [-0.15, -0.1) is 0 Å². The summed E-state index contributed by atoms with van der Waals surface area (Å²) in [5.74, 6) is -0.784. The number of benzene rings is 1. The maximum Gasteiger partial charge on any atom is 0.127 e. The molecule has 1 aromatic heterocycles. The van der Waals surface area contributed by atoms with E-state index in [4.69, 9.17) is 0 Å². The molecule has 5 heteroatoms. The number of nitrogens with zero attached hydrogens (tertiary/aromatic N) is 3. The zero-order chi connectivity index (χ0) is 15.9. The van der Waals surface area contributed by atoms with E-state index >= 15 is 0 Å². The van der Waals surface area contributed by atoms with Crippen molar-refractivity contribution in [3.63, 3.8) is 0 Å². The van der Waals surface area contributed by atoms with Crippen LogP contribution in [0.2, 0.25) is 0 Å². The van der Waals surface area contributed by atoms with Crippen LogP contribution in [0, 0.1) is 11.6 Å². The van der Waals surface area contributed by atoms with E-state index in [0.717, 1.165) is 24.7 Å². The molecule has 2 rings (SSSR count). The molecule has 1 aromatic carbocycles. The van der Waals surface area contributed by atoms with Gasteiger partial charge in [-0.2, -0.15) is 0 Å². The molecule has 0 fully saturated rings. The normalized spacial score (nSPS) is 11.4. The smallest absolute Gasteiger partial charge is 0.127 e. The van der Waals surface area contributed by atoms with Gasteiger partial charge in [-0.25, -0.2) is 8.78 Å². The van der Waals surface area contributed by atoms with Crippen molar-refractivity contribution in [2.45, 2.75) is 13.1 Å². The fourth-order valence-corrected chi connectivity index (χ4v) is 2.21. The lowest BCUT2D eigenvalue weighted by atomic mass is 10.1. The zero-order valence-electron chi connectivity index (χ0n) is 13.0. The van der Waals surface area contributed by atoms with Crippen LogP contribution in [-0.2, 0) is 13.1 Å². The van der Waals surface area contributed by atoms with Gasteiger partial charge in [0, 0.05) is 44.1 Å². The molecule has 0 N–H and O–H groups in total. The lowest BCUT2D eigenvalue weighted by Gasteiger charge is -2.24. The van der Waals surface area contributed by atoms with Gasteiger partial charge in [-0.05, 0) is 43.9 Å². The molecule has 0 radical (unpaired) electrons. The molecule has 22 heavy (non-hydrogen) atoms. The largest absolute Gasteiger partial charge is 0.308 e.